The van der Waals surface area contributed by atoms with Gasteiger partial charge in [-0.05, 0) is 46.5 Å². The number of nitrogens with one attached hydrogen (secondary N) is 7. The van der Waals surface area contributed by atoms with Gasteiger partial charge in [-0.1, -0.05) is 50.0 Å². The van der Waals surface area contributed by atoms with Crippen molar-refractivity contribution in [3.63, 3.8) is 0 Å². The molecule has 2 atom stereocenters. The average molecular weight is 1000 g/mol. The first-order chi connectivity index (χ1) is 31.1. The molecule has 0 aromatic heterocycles. The van der Waals surface area contributed by atoms with Crippen LogP contribution in [0.3, 0.4) is 0 Å². The highest BCUT2D eigenvalue weighted by atomic mass is 79.9. The number of esters is 3. The molecule has 2 unspecified atom stereocenters. The summed E-state index contributed by atoms with van der Waals surface area (Å²) in [6, 6.07) is -2.61. The third kappa shape index (κ3) is 27.7. The Morgan fingerprint density at radius 2 is 1.17 bits per heavy atom. The Kier molecular flexibility index (Phi) is 36.7. The van der Waals surface area contributed by atoms with E-state index in [0.717, 1.165) is 34.0 Å². The molecule has 0 aromatic rings. The Labute approximate surface area is 392 Å². The number of alkyl halides is 1. The quantitative estimate of drug-likeness (QED) is 0.0426. The molecule has 3 aliphatic rings. The standard InChI is InChI=1S/C11H18N4O4.C7H10BrN3O2.C7H11N3O2.C5H7NO2.C5H11NO.C4H9NO2/c1-3-5-15-10(17)8(9(12)14-11(15)18)13-6-7(16)19-4-2;1-2-3-11-6(12)4(8)5(9)10-7(11)13;1-2-3-10-6(11)4-5(8)9-7(10)12;1-3-8-5(7)4-6-2;1-2-3-4-5(6)7;1-2-7-4(6)3-5/h8,13H,3-6H2,1-2H3,(H2,12,14,18);4H,2-3H2,1H3,(H2,9,10,13);2-4H2,1H3,(H2,8,9,12);3-4H2,1H3;2-4H2,1H3,(H2,6,7);2-3,5H2,1H3. The van der Waals surface area contributed by atoms with Crippen LogP contribution >= 0.6 is 15.9 Å². The number of unbranched alkanes of at least 4 members (excludes halogenated alkanes) is 1. The largest absolute Gasteiger partial charge is 0.465 e. The number of rotatable bonds is 17. The average Bonchev–Trinajstić information content (AvgIpc) is 3.25. The molecule has 3 saturated heterocycles. The number of carbonyl (C=O) groups is 10. The van der Waals surface area contributed by atoms with Crippen molar-refractivity contribution in [2.75, 3.05) is 59.1 Å². The molecule has 10 amide bonds. The van der Waals surface area contributed by atoms with E-state index in [1.807, 2.05) is 27.7 Å². The van der Waals surface area contributed by atoms with Crippen molar-refractivity contribution in [3.8, 4) is 0 Å². The van der Waals surface area contributed by atoms with Crippen LogP contribution in [0.25, 0.3) is 4.85 Å². The van der Waals surface area contributed by atoms with Gasteiger partial charge in [0.05, 0.1) is 39.3 Å². The van der Waals surface area contributed by atoms with Gasteiger partial charge in [-0.3, -0.25) is 81.0 Å². The number of imide groups is 3. The van der Waals surface area contributed by atoms with Crippen molar-refractivity contribution < 1.29 is 62.2 Å². The molecule has 3 rings (SSSR count). The summed E-state index contributed by atoms with van der Waals surface area (Å²) in [4.78, 5) is 115. The van der Waals surface area contributed by atoms with E-state index < -0.39 is 46.8 Å². The first kappa shape index (κ1) is 63.9. The van der Waals surface area contributed by atoms with Crippen LogP contribution < -0.4 is 32.7 Å². The first-order valence-corrected chi connectivity index (χ1v) is 21.8. The van der Waals surface area contributed by atoms with Crippen LogP contribution in [0.2, 0.25) is 0 Å². The van der Waals surface area contributed by atoms with Gasteiger partial charge in [0.2, 0.25) is 11.8 Å². The molecule has 0 bridgehead atoms. The van der Waals surface area contributed by atoms with Crippen LogP contribution in [0.1, 0.15) is 93.4 Å². The minimum Gasteiger partial charge on any atom is -0.465 e. The molecule has 0 aliphatic carbocycles. The Balaban J connectivity index is -0.000000753. The molecule has 3 fully saturated rings. The number of urea groups is 3. The molecule has 26 nitrogen and oxygen atoms in total. The van der Waals surface area contributed by atoms with E-state index in [0.29, 0.717) is 45.6 Å². The summed E-state index contributed by atoms with van der Waals surface area (Å²) in [5, 5.41) is 31.4. The van der Waals surface area contributed by atoms with Gasteiger partial charge in [0.25, 0.3) is 11.8 Å². The Hall–Kier alpha value is -6.40. The maximum Gasteiger partial charge on any atom is 0.387 e. The second-order valence-corrected chi connectivity index (χ2v) is 13.9. The second-order valence-electron chi connectivity index (χ2n) is 13.0. The molecule has 0 spiro atoms. The molecule has 372 valence electrons. The molecular weight excluding hydrogens is 938 g/mol. The van der Waals surface area contributed by atoms with Crippen LogP contribution in [0.4, 0.5) is 14.4 Å². The number of ether oxygens (including phenoxy) is 3. The van der Waals surface area contributed by atoms with Gasteiger partial charge in [-0.25, -0.2) is 25.8 Å². The first-order valence-electron chi connectivity index (χ1n) is 20.9. The van der Waals surface area contributed by atoms with Gasteiger partial charge in [0.1, 0.15) is 23.5 Å². The minimum atomic E-state index is -1.02. The minimum absolute atomic E-state index is 0.00569. The Morgan fingerprint density at radius 3 is 1.58 bits per heavy atom. The third-order valence-electron chi connectivity index (χ3n) is 7.50. The summed E-state index contributed by atoms with van der Waals surface area (Å²) < 4.78 is 13.6. The van der Waals surface area contributed by atoms with Crippen molar-refractivity contribution in [1.29, 1.82) is 16.2 Å². The molecule has 66 heavy (non-hydrogen) atoms. The highest BCUT2D eigenvalue weighted by Crippen LogP contribution is 2.12. The monoisotopic (exact) mass is 1000 g/mol. The number of primary amides is 1. The predicted molar refractivity (Wildman–Crippen MR) is 243 cm³/mol. The van der Waals surface area contributed by atoms with Gasteiger partial charge < -0.3 is 30.5 Å². The van der Waals surface area contributed by atoms with E-state index in [2.05, 4.69) is 51.5 Å². The van der Waals surface area contributed by atoms with Gasteiger partial charge in [0.15, 0.2) is 4.83 Å². The zero-order valence-corrected chi connectivity index (χ0v) is 40.2. The summed E-state index contributed by atoms with van der Waals surface area (Å²) in [6.07, 6.45) is 4.59. The lowest BCUT2D eigenvalue weighted by Crippen LogP contribution is -2.65. The van der Waals surface area contributed by atoms with Crippen molar-refractivity contribution in [1.82, 2.24) is 36.0 Å². The maximum absolute atomic E-state index is 12.0. The number of amidine groups is 3. The van der Waals surface area contributed by atoms with Gasteiger partial charge >= 0.3 is 42.5 Å². The van der Waals surface area contributed by atoms with Crippen molar-refractivity contribution in [2.45, 2.75) is 104 Å². The van der Waals surface area contributed by atoms with Gasteiger partial charge in [0, 0.05) is 26.1 Å². The summed E-state index contributed by atoms with van der Waals surface area (Å²) >= 11 is 3.03. The Morgan fingerprint density at radius 1 is 0.712 bits per heavy atom. The zero-order valence-electron chi connectivity index (χ0n) is 38.6. The summed E-state index contributed by atoms with van der Waals surface area (Å²) in [7, 11) is 0. The number of halogens is 1. The lowest BCUT2D eigenvalue weighted by molar-refractivity contribution is -0.143. The van der Waals surface area contributed by atoms with E-state index in [1.54, 1.807) is 20.8 Å². The van der Waals surface area contributed by atoms with Crippen molar-refractivity contribution >= 4 is 93.1 Å². The van der Waals surface area contributed by atoms with Gasteiger partial charge in [-0.15, -0.1) is 0 Å². The van der Waals surface area contributed by atoms with Crippen LogP contribution in [0, 0.1) is 22.8 Å². The SMILES string of the molecule is CCCCC(N)=O.CCCN1C(=O)CC(=N)NC1=O.CCCN1C(=O)NC(=N)C(Br)C1=O.CCCN1C(=O)NC(=N)C(NCC(=O)OCC)C1=O.CCOC(=O)CN.[C-]#[N+]CC(=O)OCC. The number of hydrogen-bond donors (Lipinski definition) is 9. The van der Waals surface area contributed by atoms with E-state index in [9.17, 15) is 47.9 Å². The van der Waals surface area contributed by atoms with E-state index in [-0.39, 0.29) is 80.4 Å². The highest BCUT2D eigenvalue weighted by Gasteiger charge is 2.38. The molecule has 27 heteroatoms. The number of carbonyl (C=O) groups excluding carboxylic acids is 10. The van der Waals surface area contributed by atoms with E-state index in [4.69, 9.17) is 39.0 Å². The van der Waals surface area contributed by atoms with Crippen LogP contribution in [0.5, 0.6) is 0 Å². The zero-order chi connectivity index (χ0) is 51.4. The van der Waals surface area contributed by atoms with Crippen LogP contribution in [-0.2, 0) is 47.8 Å². The molecule has 0 radical (unpaired) electrons. The molecule has 3 heterocycles. The topological polar surface area (TPSA) is 384 Å². The summed E-state index contributed by atoms with van der Waals surface area (Å²) in [5.41, 5.74) is 9.72. The molecule has 0 aromatic carbocycles. The fraction of sp³-hybridized carbons (Fsp3) is 0.641. The lowest BCUT2D eigenvalue weighted by Gasteiger charge is -2.31. The maximum atomic E-state index is 12.0. The fourth-order valence-electron chi connectivity index (χ4n) is 4.59. The number of nitrogens with zero attached hydrogens (tertiary/aromatic N) is 4. The number of hydrogen-bond acceptors (Lipinski definition) is 18. The van der Waals surface area contributed by atoms with Crippen molar-refractivity contribution in [3.05, 3.63) is 11.4 Å². The lowest BCUT2D eigenvalue weighted by atomic mass is 10.1. The molecular formula is C39H66BrN13O13. The molecule has 0 saturated carbocycles. The smallest absolute Gasteiger partial charge is 0.387 e. The van der Waals surface area contributed by atoms with Crippen LogP contribution in [-0.4, -0.2) is 162 Å². The molecule has 11 N–H and O–H groups in total. The predicted octanol–water partition coefficient (Wildman–Crippen LogP) is 1.09. The Bertz CT molecular complexity index is 1710. The van der Waals surface area contributed by atoms with E-state index in [1.165, 1.54) is 0 Å². The van der Waals surface area contributed by atoms with E-state index >= 15 is 0 Å². The number of nitrogens with two attached hydrogens (primary N) is 2. The molecule has 3 aliphatic heterocycles. The normalized spacial score (nSPS) is 16.2. The summed E-state index contributed by atoms with van der Waals surface area (Å²) in [6.45, 7) is 20.7. The van der Waals surface area contributed by atoms with Crippen LogP contribution in [0.15, 0.2) is 0 Å². The highest BCUT2D eigenvalue weighted by molar-refractivity contribution is 9.10. The number of amides is 10. The second kappa shape index (κ2) is 37.9. The third-order valence-corrected chi connectivity index (χ3v) is 8.35. The summed E-state index contributed by atoms with van der Waals surface area (Å²) in [5.74, 6) is -3.04. The fourth-order valence-corrected chi connectivity index (χ4v) is 4.95. The van der Waals surface area contributed by atoms with Gasteiger partial charge in [-0.2, -0.15) is 0 Å². The van der Waals surface area contributed by atoms with Crippen molar-refractivity contribution in [2.24, 2.45) is 11.5 Å².